The summed E-state index contributed by atoms with van der Waals surface area (Å²) in [5.74, 6) is 0.281. The van der Waals surface area contributed by atoms with Gasteiger partial charge in [-0.25, -0.2) is 9.48 Å². The van der Waals surface area contributed by atoms with Gasteiger partial charge in [-0.1, -0.05) is 36.7 Å². The van der Waals surface area contributed by atoms with Gasteiger partial charge in [0, 0.05) is 0 Å². The average Bonchev–Trinajstić information content (AvgIpc) is 3.10. The summed E-state index contributed by atoms with van der Waals surface area (Å²) in [7, 11) is 0. The molecule has 2 fully saturated rings. The first-order valence-electron chi connectivity index (χ1n) is 9.42. The highest BCUT2D eigenvalue weighted by molar-refractivity contribution is 6.32. The van der Waals surface area contributed by atoms with Gasteiger partial charge in [0.25, 0.3) is 5.91 Å². The molecule has 1 aromatic heterocycles. The van der Waals surface area contributed by atoms with E-state index in [2.05, 4.69) is 22.4 Å². The minimum atomic E-state index is -0.812. The van der Waals surface area contributed by atoms with Gasteiger partial charge in [-0.2, -0.15) is 10.2 Å². The zero-order valence-corrected chi connectivity index (χ0v) is 16.6. The summed E-state index contributed by atoms with van der Waals surface area (Å²) < 4.78 is 1.61. The van der Waals surface area contributed by atoms with Crippen molar-refractivity contribution in [1.29, 1.82) is 0 Å². The molecule has 1 N–H and O–H groups in total. The van der Waals surface area contributed by atoms with E-state index < -0.39 is 11.6 Å². The number of carbonyl (C=O) groups excluding carboxylic acids is 2. The number of nitrogens with one attached hydrogen (secondary N) is 1. The predicted octanol–water partition coefficient (Wildman–Crippen LogP) is 3.67. The molecule has 2 aliphatic rings. The van der Waals surface area contributed by atoms with Crippen molar-refractivity contribution in [2.45, 2.75) is 45.1 Å². The minimum absolute atomic E-state index is 0.287. The zero-order chi connectivity index (χ0) is 19.9. The highest BCUT2D eigenvalue weighted by Crippen LogP contribution is 2.36. The van der Waals surface area contributed by atoms with Crippen LogP contribution >= 0.6 is 11.6 Å². The Bertz CT molecular complexity index is 945. The predicted molar refractivity (Wildman–Crippen MR) is 107 cm³/mol. The van der Waals surface area contributed by atoms with Crippen molar-refractivity contribution >= 4 is 29.8 Å². The molecule has 0 radical (unpaired) electrons. The maximum atomic E-state index is 12.9. The maximum Gasteiger partial charge on any atom is 0.346 e. The molecular formula is C20H22ClN5O2. The first-order valence-corrected chi connectivity index (χ1v) is 9.80. The summed E-state index contributed by atoms with van der Waals surface area (Å²) in [5, 5.41) is 12.8. The molecule has 1 saturated carbocycles. The van der Waals surface area contributed by atoms with Gasteiger partial charge in [-0.15, -0.1) is 5.01 Å². The number of aromatic nitrogens is 2. The molecular weight excluding hydrogens is 378 g/mol. The van der Waals surface area contributed by atoms with Gasteiger partial charge in [0.2, 0.25) is 0 Å². The smallest absolute Gasteiger partial charge is 0.321 e. The van der Waals surface area contributed by atoms with Crippen LogP contribution in [0.1, 0.15) is 43.9 Å². The van der Waals surface area contributed by atoms with Crippen LogP contribution in [0.15, 0.2) is 35.4 Å². The van der Waals surface area contributed by atoms with Crippen LogP contribution in [0, 0.1) is 12.8 Å². The van der Waals surface area contributed by atoms with Crippen molar-refractivity contribution in [3.63, 3.8) is 0 Å². The minimum Gasteiger partial charge on any atom is -0.321 e. The number of imide groups is 1. The van der Waals surface area contributed by atoms with Crippen LogP contribution < -0.4 is 5.32 Å². The van der Waals surface area contributed by atoms with E-state index in [9.17, 15) is 9.59 Å². The van der Waals surface area contributed by atoms with Crippen LogP contribution in [0.3, 0.4) is 0 Å². The zero-order valence-electron chi connectivity index (χ0n) is 15.9. The van der Waals surface area contributed by atoms with E-state index in [4.69, 9.17) is 11.6 Å². The first kappa shape index (κ1) is 18.7. The number of urea groups is 1. The number of benzene rings is 1. The maximum absolute atomic E-state index is 12.9. The molecule has 1 saturated heterocycles. The van der Waals surface area contributed by atoms with E-state index >= 15 is 0 Å². The Kier molecular flexibility index (Phi) is 4.71. The lowest BCUT2D eigenvalue weighted by molar-refractivity contribution is -0.132. The topological polar surface area (TPSA) is 79.6 Å². The molecule has 2 heterocycles. The Labute approximate surface area is 168 Å². The number of hydrogen-bond donors (Lipinski definition) is 1. The quantitative estimate of drug-likeness (QED) is 0.631. The molecule has 146 valence electrons. The number of halogens is 1. The van der Waals surface area contributed by atoms with Crippen LogP contribution in [0.5, 0.6) is 0 Å². The lowest BCUT2D eigenvalue weighted by Crippen LogP contribution is -2.49. The van der Waals surface area contributed by atoms with Crippen LogP contribution in [0.4, 0.5) is 4.79 Å². The number of rotatable bonds is 3. The van der Waals surface area contributed by atoms with Gasteiger partial charge in [0.1, 0.15) is 10.7 Å². The van der Waals surface area contributed by atoms with E-state index in [-0.39, 0.29) is 5.91 Å². The summed E-state index contributed by atoms with van der Waals surface area (Å²) in [4.78, 5) is 25.3. The number of aryl methyl sites for hydroxylation is 1. The number of carbonyl (C=O) groups is 2. The third kappa shape index (κ3) is 3.09. The van der Waals surface area contributed by atoms with Crippen molar-refractivity contribution in [3.05, 3.63) is 46.7 Å². The summed E-state index contributed by atoms with van der Waals surface area (Å²) >= 11 is 6.49. The molecule has 1 spiro atoms. The van der Waals surface area contributed by atoms with Gasteiger partial charge in [-0.3, -0.25) is 4.79 Å². The summed E-state index contributed by atoms with van der Waals surface area (Å²) in [6.07, 6.45) is 4.57. The normalized spacial score (nSPS) is 25.1. The molecule has 28 heavy (non-hydrogen) atoms. The monoisotopic (exact) mass is 399 g/mol. The number of nitrogens with zero attached hydrogens (tertiary/aromatic N) is 4. The largest absolute Gasteiger partial charge is 0.346 e. The third-order valence-electron chi connectivity index (χ3n) is 5.62. The fraction of sp³-hybridized carbons (Fsp3) is 0.400. The molecule has 1 aromatic carbocycles. The molecule has 1 aliphatic carbocycles. The van der Waals surface area contributed by atoms with E-state index in [1.165, 1.54) is 6.21 Å². The van der Waals surface area contributed by atoms with Crippen molar-refractivity contribution in [2.24, 2.45) is 11.0 Å². The summed E-state index contributed by atoms with van der Waals surface area (Å²) in [6.45, 7) is 3.97. The average molecular weight is 400 g/mol. The van der Waals surface area contributed by atoms with Gasteiger partial charge >= 0.3 is 6.03 Å². The number of hydrazone groups is 1. The third-order valence-corrected chi connectivity index (χ3v) is 5.98. The Balaban J connectivity index is 1.59. The summed E-state index contributed by atoms with van der Waals surface area (Å²) in [5.41, 5.74) is 1.24. The molecule has 4 rings (SSSR count). The van der Waals surface area contributed by atoms with E-state index in [0.29, 0.717) is 35.2 Å². The van der Waals surface area contributed by atoms with Crippen LogP contribution in [-0.4, -0.2) is 38.5 Å². The first-order chi connectivity index (χ1) is 13.4. The molecule has 3 amide bonds. The lowest BCUT2D eigenvalue weighted by Gasteiger charge is -2.33. The molecule has 8 heteroatoms. The number of para-hydroxylation sites is 1. The summed E-state index contributed by atoms with van der Waals surface area (Å²) in [6, 6.07) is 9.01. The number of hydrogen-bond acceptors (Lipinski definition) is 4. The Morgan fingerprint density at radius 1 is 1.25 bits per heavy atom. The van der Waals surface area contributed by atoms with Crippen molar-refractivity contribution in [1.82, 2.24) is 20.1 Å². The molecule has 0 atom stereocenters. The van der Waals surface area contributed by atoms with E-state index in [0.717, 1.165) is 23.5 Å². The van der Waals surface area contributed by atoms with Crippen LogP contribution in [0.25, 0.3) is 5.69 Å². The van der Waals surface area contributed by atoms with Crippen LogP contribution in [0.2, 0.25) is 5.15 Å². The Morgan fingerprint density at radius 3 is 2.61 bits per heavy atom. The lowest BCUT2D eigenvalue weighted by atomic mass is 9.77. The van der Waals surface area contributed by atoms with E-state index in [1.807, 2.05) is 37.3 Å². The van der Waals surface area contributed by atoms with Crippen molar-refractivity contribution < 1.29 is 9.59 Å². The van der Waals surface area contributed by atoms with E-state index in [1.54, 1.807) is 4.68 Å². The molecule has 0 bridgehead atoms. The van der Waals surface area contributed by atoms with Crippen molar-refractivity contribution in [2.75, 3.05) is 0 Å². The van der Waals surface area contributed by atoms with Crippen LogP contribution in [-0.2, 0) is 4.79 Å². The highest BCUT2D eigenvalue weighted by atomic mass is 35.5. The Hall–Kier alpha value is -2.67. The van der Waals surface area contributed by atoms with Gasteiger partial charge < -0.3 is 5.32 Å². The fourth-order valence-corrected chi connectivity index (χ4v) is 4.14. The second-order valence-corrected chi connectivity index (χ2v) is 7.95. The molecule has 2 aromatic rings. The Morgan fingerprint density at radius 2 is 1.93 bits per heavy atom. The SMILES string of the molecule is Cc1nn(-c2ccccc2)c(Cl)c1C=NN1C(=O)NC2(CCC(C)CC2)C1=O. The second-order valence-electron chi connectivity index (χ2n) is 7.59. The van der Waals surface area contributed by atoms with Crippen molar-refractivity contribution in [3.8, 4) is 5.69 Å². The highest BCUT2D eigenvalue weighted by Gasteiger charge is 2.52. The molecule has 1 aliphatic heterocycles. The standard InChI is InChI=1S/C20H22ClN5O2/c1-13-8-10-20(11-9-13)18(27)26(19(28)23-20)22-12-16-14(2)24-25(17(16)21)15-6-4-3-5-7-15/h3-7,12-13H,8-11H2,1-2H3,(H,23,28). The fourth-order valence-electron chi connectivity index (χ4n) is 3.82. The second kappa shape index (κ2) is 7.05. The molecule has 7 nitrogen and oxygen atoms in total. The van der Waals surface area contributed by atoms with Gasteiger partial charge in [0.15, 0.2) is 0 Å². The number of amides is 3. The molecule has 0 unspecified atom stereocenters. The van der Waals surface area contributed by atoms with Gasteiger partial charge in [0.05, 0.1) is 23.2 Å². The van der Waals surface area contributed by atoms with Gasteiger partial charge in [-0.05, 0) is 50.7 Å².